The zero-order valence-electron chi connectivity index (χ0n) is 8.40. The molecule has 0 atom stereocenters. The van der Waals surface area contributed by atoms with Gasteiger partial charge in [-0.15, -0.1) is 0 Å². The number of hydrogen-bond acceptors (Lipinski definition) is 2. The smallest absolute Gasteiger partial charge is 0.134 e. The van der Waals surface area contributed by atoms with E-state index in [4.69, 9.17) is 34.0 Å². The highest BCUT2D eigenvalue weighted by molar-refractivity contribution is 6.35. The fourth-order valence-corrected chi connectivity index (χ4v) is 1.34. The maximum atomic E-state index is 8.85. The first kappa shape index (κ1) is 12.7. The number of para-hydroxylation sites is 1. The van der Waals surface area contributed by atoms with Crippen molar-refractivity contribution in [2.24, 2.45) is 0 Å². The predicted molar refractivity (Wildman–Crippen MR) is 69.0 cm³/mol. The molecular weight excluding hydrogens is 245 g/mol. The molecule has 2 aromatic carbocycles. The summed E-state index contributed by atoms with van der Waals surface area (Å²) in [5, 5.41) is 9.66. The van der Waals surface area contributed by atoms with E-state index in [0.29, 0.717) is 5.02 Å². The van der Waals surface area contributed by atoms with E-state index in [1.165, 1.54) is 12.1 Å². The molecule has 0 bridgehead atoms. The monoisotopic (exact) mass is 255 g/mol. The topological polar surface area (TPSA) is 46.2 Å². The van der Waals surface area contributed by atoms with Gasteiger partial charge in [-0.1, -0.05) is 41.4 Å². The molecule has 0 saturated carbocycles. The molecule has 2 rings (SSSR count). The first-order chi connectivity index (χ1) is 7.59. The summed E-state index contributed by atoms with van der Waals surface area (Å²) < 4.78 is 0. The van der Waals surface area contributed by atoms with Crippen molar-refractivity contribution in [3.8, 4) is 5.75 Å². The third-order valence-corrected chi connectivity index (χ3v) is 2.25. The van der Waals surface area contributed by atoms with Gasteiger partial charge >= 0.3 is 0 Å². The summed E-state index contributed by atoms with van der Waals surface area (Å²) in [5.74, 6) is 0.0565. The minimum Gasteiger partial charge on any atom is -0.506 e. The molecule has 0 aliphatic carbocycles. The van der Waals surface area contributed by atoms with Gasteiger partial charge in [-0.25, -0.2) is 0 Å². The van der Waals surface area contributed by atoms with E-state index in [9.17, 15) is 0 Å². The fraction of sp³-hybridized carbons (Fsp3) is 0. The Balaban J connectivity index is 0.000000165. The molecule has 0 aliphatic heterocycles. The number of nitrogen functional groups attached to an aromatic ring is 1. The quantitative estimate of drug-likeness (QED) is 0.700. The number of nitrogens with two attached hydrogens (primary N) is 1. The van der Waals surface area contributed by atoms with Crippen LogP contribution in [0.4, 0.5) is 5.69 Å². The van der Waals surface area contributed by atoms with Crippen LogP contribution in [0.25, 0.3) is 0 Å². The molecule has 0 aromatic heterocycles. The molecule has 0 unspecified atom stereocenters. The summed E-state index contributed by atoms with van der Waals surface area (Å²) in [6.45, 7) is 0. The minimum atomic E-state index is 0.0565. The highest BCUT2D eigenvalue weighted by atomic mass is 35.5. The molecule has 84 valence electrons. The molecule has 16 heavy (non-hydrogen) atoms. The molecule has 3 N–H and O–H groups in total. The maximum absolute atomic E-state index is 8.85. The van der Waals surface area contributed by atoms with Crippen molar-refractivity contribution in [3.05, 3.63) is 58.6 Å². The molecule has 4 heteroatoms. The van der Waals surface area contributed by atoms with Crippen molar-refractivity contribution in [1.82, 2.24) is 0 Å². The van der Waals surface area contributed by atoms with Crippen molar-refractivity contribution in [2.45, 2.75) is 0 Å². The number of phenols is 1. The Morgan fingerprint density at radius 3 is 1.94 bits per heavy atom. The van der Waals surface area contributed by atoms with Gasteiger partial charge in [0.2, 0.25) is 0 Å². The van der Waals surface area contributed by atoms with Crippen molar-refractivity contribution in [1.29, 1.82) is 0 Å². The lowest BCUT2D eigenvalue weighted by Crippen LogP contribution is -1.79. The van der Waals surface area contributed by atoms with Crippen LogP contribution >= 0.6 is 23.2 Å². The largest absolute Gasteiger partial charge is 0.506 e. The summed E-state index contributed by atoms with van der Waals surface area (Å²) in [4.78, 5) is 0. The van der Waals surface area contributed by atoms with E-state index in [1.807, 2.05) is 30.3 Å². The fourth-order valence-electron chi connectivity index (χ4n) is 0.934. The summed E-state index contributed by atoms with van der Waals surface area (Å²) in [6, 6.07) is 14.0. The van der Waals surface area contributed by atoms with Crippen LogP contribution in [0.5, 0.6) is 5.75 Å². The minimum absolute atomic E-state index is 0.0565. The molecular formula is C12H11Cl2NO. The first-order valence-corrected chi connectivity index (χ1v) is 5.29. The molecule has 0 saturated heterocycles. The van der Waals surface area contributed by atoms with E-state index < -0.39 is 0 Å². The van der Waals surface area contributed by atoms with Crippen LogP contribution in [0, 0.1) is 0 Å². The second kappa shape index (κ2) is 6.26. The van der Waals surface area contributed by atoms with Gasteiger partial charge in [0.1, 0.15) is 5.75 Å². The molecule has 0 spiro atoms. The molecule has 0 heterocycles. The molecule has 0 amide bonds. The Morgan fingerprint density at radius 1 is 0.938 bits per heavy atom. The number of benzene rings is 2. The van der Waals surface area contributed by atoms with E-state index in [0.717, 1.165) is 5.69 Å². The number of phenolic OH excluding ortho intramolecular Hbond substituents is 1. The van der Waals surface area contributed by atoms with Gasteiger partial charge in [-0.3, -0.25) is 0 Å². The molecule has 0 radical (unpaired) electrons. The molecule has 2 nitrogen and oxygen atoms in total. The number of hydrogen-bond donors (Lipinski definition) is 2. The Bertz CT molecular complexity index is 446. The number of aromatic hydroxyl groups is 1. The first-order valence-electron chi connectivity index (χ1n) is 4.54. The number of halogens is 2. The van der Waals surface area contributed by atoms with Crippen molar-refractivity contribution in [2.75, 3.05) is 5.73 Å². The van der Waals surface area contributed by atoms with Crippen molar-refractivity contribution in [3.63, 3.8) is 0 Å². The second-order valence-corrected chi connectivity index (χ2v) is 3.85. The van der Waals surface area contributed by atoms with Crippen LogP contribution < -0.4 is 5.73 Å². The Kier molecular flexibility index (Phi) is 4.96. The van der Waals surface area contributed by atoms with Gasteiger partial charge < -0.3 is 10.8 Å². The zero-order chi connectivity index (χ0) is 12.0. The van der Waals surface area contributed by atoms with Crippen LogP contribution in [-0.4, -0.2) is 5.11 Å². The zero-order valence-corrected chi connectivity index (χ0v) is 9.91. The van der Waals surface area contributed by atoms with E-state index >= 15 is 0 Å². The highest BCUT2D eigenvalue weighted by Crippen LogP contribution is 2.25. The van der Waals surface area contributed by atoms with Crippen molar-refractivity contribution < 1.29 is 5.11 Å². The van der Waals surface area contributed by atoms with E-state index in [-0.39, 0.29) is 10.8 Å². The number of rotatable bonds is 0. The van der Waals surface area contributed by atoms with Gasteiger partial charge in [0.15, 0.2) is 0 Å². The Hall–Kier alpha value is -1.38. The standard InChI is InChI=1S/C6H4Cl2O.C6H7N/c7-4-1-2-6(9)5(8)3-4;7-6-4-2-1-3-5-6/h1-3,9H;1-5H,7H2. The Morgan fingerprint density at radius 2 is 1.56 bits per heavy atom. The Labute approximate surface area is 104 Å². The lowest BCUT2D eigenvalue weighted by atomic mass is 10.3. The van der Waals surface area contributed by atoms with Gasteiger partial charge in [0.05, 0.1) is 5.02 Å². The second-order valence-electron chi connectivity index (χ2n) is 3.01. The molecule has 0 aliphatic rings. The lowest BCUT2D eigenvalue weighted by Gasteiger charge is -1.93. The lowest BCUT2D eigenvalue weighted by molar-refractivity contribution is 0.475. The maximum Gasteiger partial charge on any atom is 0.134 e. The van der Waals surface area contributed by atoms with Crippen LogP contribution in [0.15, 0.2) is 48.5 Å². The van der Waals surface area contributed by atoms with E-state index in [1.54, 1.807) is 6.07 Å². The normalized spacial score (nSPS) is 9.12. The SMILES string of the molecule is Nc1ccccc1.Oc1ccc(Cl)cc1Cl. The summed E-state index contributed by atoms with van der Waals surface area (Å²) in [5.41, 5.74) is 6.18. The van der Waals surface area contributed by atoms with Crippen LogP contribution in [0.2, 0.25) is 10.0 Å². The van der Waals surface area contributed by atoms with Crippen LogP contribution in [0.1, 0.15) is 0 Å². The van der Waals surface area contributed by atoms with Crippen molar-refractivity contribution >= 4 is 28.9 Å². The summed E-state index contributed by atoms with van der Waals surface area (Å²) in [6.07, 6.45) is 0. The van der Waals surface area contributed by atoms with Crippen LogP contribution in [-0.2, 0) is 0 Å². The van der Waals surface area contributed by atoms with Gasteiger partial charge in [0, 0.05) is 10.7 Å². The highest BCUT2D eigenvalue weighted by Gasteiger charge is 1.95. The van der Waals surface area contributed by atoms with Gasteiger partial charge in [-0.05, 0) is 30.3 Å². The van der Waals surface area contributed by atoms with Gasteiger partial charge in [0.25, 0.3) is 0 Å². The average molecular weight is 256 g/mol. The molecule has 2 aromatic rings. The van der Waals surface area contributed by atoms with Gasteiger partial charge in [-0.2, -0.15) is 0 Å². The molecule has 0 fully saturated rings. The third kappa shape index (κ3) is 4.43. The predicted octanol–water partition coefficient (Wildman–Crippen LogP) is 3.97. The van der Waals surface area contributed by atoms with E-state index in [2.05, 4.69) is 0 Å². The average Bonchev–Trinajstić information content (AvgIpc) is 2.26. The summed E-state index contributed by atoms with van der Waals surface area (Å²) in [7, 11) is 0. The van der Waals surface area contributed by atoms with Crippen LogP contribution in [0.3, 0.4) is 0 Å². The number of anilines is 1. The summed E-state index contributed by atoms with van der Waals surface area (Å²) >= 11 is 11.0. The third-order valence-electron chi connectivity index (χ3n) is 1.71.